The molecule has 2 saturated carbocycles. The van der Waals surface area contributed by atoms with Crippen molar-refractivity contribution in [3.63, 3.8) is 0 Å². The molecule has 0 amide bonds. The molecule has 3 aliphatic rings. The van der Waals surface area contributed by atoms with E-state index >= 15 is 0 Å². The average molecular weight is 493 g/mol. The van der Waals surface area contributed by atoms with Crippen LogP contribution in [0.1, 0.15) is 75.0 Å². The first-order valence-electron chi connectivity index (χ1n) is 12.3. The van der Waals surface area contributed by atoms with Gasteiger partial charge >= 0.3 is 12.4 Å². The number of benzene rings is 1. The van der Waals surface area contributed by atoms with Gasteiger partial charge in [-0.15, -0.1) is 0 Å². The number of fused-ring (bicyclic) bond motifs is 5. The van der Waals surface area contributed by atoms with Gasteiger partial charge in [-0.2, -0.15) is 26.3 Å². The summed E-state index contributed by atoms with van der Waals surface area (Å²) in [6.07, 6.45) is -4.80. The van der Waals surface area contributed by atoms with Gasteiger partial charge in [0.1, 0.15) is 0 Å². The van der Waals surface area contributed by atoms with Crippen molar-refractivity contribution in [1.29, 1.82) is 0 Å². The predicted octanol–water partition coefficient (Wildman–Crippen LogP) is 7.53. The minimum Gasteiger partial charge on any atom is -0.378 e. The topological polar surface area (TPSA) is 18.5 Å². The first kappa shape index (κ1) is 25.8. The summed E-state index contributed by atoms with van der Waals surface area (Å²) >= 11 is 0. The molecule has 2 fully saturated rings. The Labute approximate surface area is 197 Å². The van der Waals surface area contributed by atoms with Crippen LogP contribution in [0.4, 0.5) is 26.3 Å². The molecule has 0 saturated heterocycles. The van der Waals surface area contributed by atoms with Crippen LogP contribution in [0, 0.1) is 24.2 Å². The molecule has 1 unspecified atom stereocenters. The fourth-order valence-electron chi connectivity index (χ4n) is 6.82. The normalized spacial score (nSPS) is 31.7. The van der Waals surface area contributed by atoms with Crippen LogP contribution in [0.25, 0.3) is 0 Å². The summed E-state index contributed by atoms with van der Waals surface area (Å²) < 4.78 is 88.2. The number of rotatable bonds is 6. The first-order valence-corrected chi connectivity index (χ1v) is 12.3. The molecule has 0 heterocycles. The van der Waals surface area contributed by atoms with Crippen LogP contribution in [-0.2, 0) is 15.9 Å². The Hall–Kier alpha value is -1.28. The molecule has 0 spiro atoms. The van der Waals surface area contributed by atoms with E-state index in [2.05, 4.69) is 36.8 Å². The monoisotopic (exact) mass is 492 g/mol. The Balaban J connectivity index is 1.33. The second kappa shape index (κ2) is 8.99. The van der Waals surface area contributed by atoms with E-state index in [9.17, 15) is 26.3 Å². The Morgan fingerprint density at radius 1 is 0.971 bits per heavy atom. The molecule has 3 aliphatic carbocycles. The van der Waals surface area contributed by atoms with Crippen LogP contribution in [-0.4, -0.2) is 37.3 Å². The van der Waals surface area contributed by atoms with Crippen molar-refractivity contribution in [3.05, 3.63) is 34.9 Å². The van der Waals surface area contributed by atoms with E-state index in [1.807, 2.05) is 0 Å². The maximum Gasteiger partial charge on any atom is 0.426 e. The van der Waals surface area contributed by atoms with Gasteiger partial charge in [-0.25, -0.2) is 0 Å². The van der Waals surface area contributed by atoms with E-state index in [1.54, 1.807) is 0 Å². The highest BCUT2D eigenvalue weighted by Crippen LogP contribution is 2.61. The molecule has 8 heteroatoms. The van der Waals surface area contributed by atoms with E-state index in [0.717, 1.165) is 38.5 Å². The maximum absolute atomic E-state index is 13.0. The van der Waals surface area contributed by atoms with Gasteiger partial charge in [-0.05, 0) is 93.1 Å². The lowest BCUT2D eigenvalue weighted by Crippen LogP contribution is -2.56. The summed E-state index contributed by atoms with van der Waals surface area (Å²) in [5.74, 6) is 1.70. The molecule has 0 aromatic heterocycles. The second-order valence-corrected chi connectivity index (χ2v) is 10.8. The van der Waals surface area contributed by atoms with Crippen molar-refractivity contribution in [2.45, 2.75) is 95.7 Å². The quantitative estimate of drug-likeness (QED) is 0.302. The smallest absolute Gasteiger partial charge is 0.378 e. The summed E-state index contributed by atoms with van der Waals surface area (Å²) in [6.45, 7) is 3.86. The number of hydrogen-bond acceptors (Lipinski definition) is 2. The molecule has 1 aromatic carbocycles. The number of halogens is 6. The summed E-state index contributed by atoms with van der Waals surface area (Å²) in [5, 5.41) is 0. The predicted molar refractivity (Wildman–Crippen MR) is 117 cm³/mol. The number of aryl methyl sites for hydroxylation is 2. The third kappa shape index (κ3) is 4.38. The van der Waals surface area contributed by atoms with Crippen LogP contribution < -0.4 is 0 Å². The zero-order valence-electron chi connectivity index (χ0n) is 20.0. The lowest BCUT2D eigenvalue weighted by atomic mass is 9.55. The molecular formula is C26H34F6O2. The minimum absolute atomic E-state index is 0.00330. The van der Waals surface area contributed by atoms with E-state index in [1.165, 1.54) is 16.7 Å². The molecule has 192 valence electrons. The maximum atomic E-state index is 13.0. The summed E-state index contributed by atoms with van der Waals surface area (Å²) in [6, 6.07) is 6.80. The van der Waals surface area contributed by atoms with Crippen molar-refractivity contribution in [1.82, 2.24) is 0 Å². The zero-order valence-corrected chi connectivity index (χ0v) is 20.0. The molecule has 1 aromatic rings. The van der Waals surface area contributed by atoms with Crippen LogP contribution >= 0.6 is 0 Å². The SMILES string of the molecule is Cc1ccc2c(c1)CC[C@@H]1[C@@H]2CC[C@]2(C)C(OCCCOC(C)(C(F)(F)F)C(F)(F)F)CC[C@@H]12. The van der Waals surface area contributed by atoms with Crippen molar-refractivity contribution in [2.75, 3.05) is 13.2 Å². The Morgan fingerprint density at radius 2 is 1.68 bits per heavy atom. The lowest BCUT2D eigenvalue weighted by Gasteiger charge is -2.50. The van der Waals surface area contributed by atoms with Gasteiger partial charge < -0.3 is 9.47 Å². The largest absolute Gasteiger partial charge is 0.426 e. The van der Waals surface area contributed by atoms with Crippen LogP contribution in [0.3, 0.4) is 0 Å². The number of ether oxygens (including phenoxy) is 2. The molecule has 0 radical (unpaired) electrons. The molecule has 2 nitrogen and oxygen atoms in total. The average Bonchev–Trinajstić information content (AvgIpc) is 3.07. The van der Waals surface area contributed by atoms with Crippen molar-refractivity contribution in [3.8, 4) is 0 Å². The van der Waals surface area contributed by atoms with E-state index in [-0.39, 0.29) is 31.5 Å². The van der Waals surface area contributed by atoms with Crippen molar-refractivity contribution in [2.24, 2.45) is 17.3 Å². The highest BCUT2D eigenvalue weighted by molar-refractivity contribution is 5.37. The van der Waals surface area contributed by atoms with Crippen LogP contribution in [0.5, 0.6) is 0 Å². The van der Waals surface area contributed by atoms with Crippen molar-refractivity contribution < 1.29 is 35.8 Å². The Kier molecular flexibility index (Phi) is 6.82. The third-order valence-electron chi connectivity index (χ3n) is 8.88. The summed E-state index contributed by atoms with van der Waals surface area (Å²) in [7, 11) is 0. The fourth-order valence-corrected chi connectivity index (χ4v) is 6.82. The standard InChI is InChI=1S/C26H34F6O2/c1-16-5-7-18-17(15-16)6-8-20-19(18)11-12-23(2)21(20)9-10-22(23)33-13-4-14-34-24(3,25(27,28)29)26(30,31)32/h5,7,15,19-22H,4,6,8-14H2,1-3H3/t19-,20-,21+,22?,23+/m1/s1. The fraction of sp³-hybridized carbons (Fsp3) is 0.769. The second-order valence-electron chi connectivity index (χ2n) is 10.8. The minimum atomic E-state index is -5.53. The molecule has 0 aliphatic heterocycles. The highest BCUT2D eigenvalue weighted by atomic mass is 19.4. The molecular weight excluding hydrogens is 458 g/mol. The van der Waals surface area contributed by atoms with Gasteiger partial charge in [0.2, 0.25) is 0 Å². The van der Waals surface area contributed by atoms with Crippen LogP contribution in [0.15, 0.2) is 18.2 Å². The van der Waals surface area contributed by atoms with E-state index in [4.69, 9.17) is 4.74 Å². The first-order chi connectivity index (χ1) is 15.8. The van der Waals surface area contributed by atoms with Gasteiger partial charge in [0.25, 0.3) is 5.60 Å². The number of alkyl halides is 6. The van der Waals surface area contributed by atoms with Gasteiger partial charge in [0.05, 0.1) is 12.7 Å². The number of hydrogen-bond donors (Lipinski definition) is 0. The van der Waals surface area contributed by atoms with Gasteiger partial charge in [-0.1, -0.05) is 30.7 Å². The Bertz CT molecular complexity index is 865. The molecule has 0 N–H and O–H groups in total. The highest BCUT2D eigenvalue weighted by Gasteiger charge is 2.69. The molecule has 4 rings (SSSR count). The van der Waals surface area contributed by atoms with Gasteiger partial charge in [-0.3, -0.25) is 0 Å². The molecule has 0 bridgehead atoms. The van der Waals surface area contributed by atoms with E-state index in [0.29, 0.717) is 17.8 Å². The lowest BCUT2D eigenvalue weighted by molar-refractivity contribution is -0.374. The molecule has 34 heavy (non-hydrogen) atoms. The summed E-state index contributed by atoms with van der Waals surface area (Å²) in [4.78, 5) is 0. The Morgan fingerprint density at radius 3 is 2.35 bits per heavy atom. The van der Waals surface area contributed by atoms with Gasteiger partial charge in [0.15, 0.2) is 0 Å². The van der Waals surface area contributed by atoms with Crippen molar-refractivity contribution >= 4 is 0 Å². The molecule has 5 atom stereocenters. The third-order valence-corrected chi connectivity index (χ3v) is 8.88. The van der Waals surface area contributed by atoms with Gasteiger partial charge in [0, 0.05) is 6.61 Å². The summed E-state index contributed by atoms with van der Waals surface area (Å²) in [5.41, 5.74) is 0.0834. The van der Waals surface area contributed by atoms with E-state index < -0.39 is 24.6 Å². The van der Waals surface area contributed by atoms with Crippen LogP contribution in [0.2, 0.25) is 0 Å². The zero-order chi connectivity index (χ0) is 24.9.